The van der Waals surface area contributed by atoms with Crippen LogP contribution in [0.4, 0.5) is 13.2 Å². The van der Waals surface area contributed by atoms with Crippen molar-refractivity contribution in [2.75, 3.05) is 26.3 Å². The van der Waals surface area contributed by atoms with Crippen LogP contribution < -0.4 is 0 Å². The van der Waals surface area contributed by atoms with Crippen LogP contribution in [0.15, 0.2) is 0 Å². The van der Waals surface area contributed by atoms with E-state index in [1.165, 1.54) is 4.90 Å². The second kappa shape index (κ2) is 5.92. The Bertz CT molecular complexity index is 305. The van der Waals surface area contributed by atoms with Crippen molar-refractivity contribution in [3.63, 3.8) is 0 Å². The fraction of sp³-hybridized carbons (Fsp3) is 0.727. The molecule has 1 aliphatic rings. The van der Waals surface area contributed by atoms with Crippen LogP contribution in [-0.4, -0.2) is 43.3 Å². The normalized spacial score (nSPS) is 15.4. The lowest BCUT2D eigenvalue weighted by Gasteiger charge is -2.20. The molecule has 1 amide bonds. The predicted molar refractivity (Wildman–Crippen MR) is 55.0 cm³/mol. The second-order valence-corrected chi connectivity index (χ2v) is 4.03. The molecule has 0 aliphatic heterocycles. The Kier molecular flexibility index (Phi) is 4.82. The molecule has 3 nitrogen and oxygen atoms in total. The van der Waals surface area contributed by atoms with E-state index in [9.17, 15) is 18.0 Å². The number of hydrogen-bond donors (Lipinski definition) is 0. The third-order valence-corrected chi connectivity index (χ3v) is 2.30. The maximum atomic E-state index is 11.8. The Balaban J connectivity index is 2.29. The molecule has 1 rings (SSSR count). The van der Waals surface area contributed by atoms with Crippen LogP contribution in [-0.2, 0) is 9.53 Å². The fourth-order valence-electron chi connectivity index (χ4n) is 1.32. The lowest BCUT2D eigenvalue weighted by atomic mass is 10.3. The van der Waals surface area contributed by atoms with Crippen molar-refractivity contribution < 1.29 is 22.7 Å². The van der Waals surface area contributed by atoms with Crippen molar-refractivity contribution in [2.24, 2.45) is 5.92 Å². The molecule has 1 saturated carbocycles. The SMILES string of the molecule is C#CCN(CC1CC1)C(=O)COCC(F)(F)F. The molecule has 0 heterocycles. The minimum absolute atomic E-state index is 0.116. The number of alkyl halides is 3. The zero-order valence-electron chi connectivity index (χ0n) is 9.29. The van der Waals surface area contributed by atoms with Gasteiger partial charge in [-0.1, -0.05) is 5.92 Å². The van der Waals surface area contributed by atoms with Gasteiger partial charge in [-0.3, -0.25) is 4.79 Å². The smallest absolute Gasteiger partial charge is 0.362 e. The summed E-state index contributed by atoms with van der Waals surface area (Å²) in [6.07, 6.45) is 2.77. The molecule has 0 aromatic rings. The van der Waals surface area contributed by atoms with Crippen LogP contribution >= 0.6 is 0 Å². The Morgan fingerprint density at radius 3 is 2.59 bits per heavy atom. The molecular formula is C11H14F3NO2. The summed E-state index contributed by atoms with van der Waals surface area (Å²) >= 11 is 0. The van der Waals surface area contributed by atoms with E-state index in [1.807, 2.05) is 0 Å². The molecule has 1 fully saturated rings. The highest BCUT2D eigenvalue weighted by atomic mass is 19.4. The Labute approximate surface area is 97.9 Å². The second-order valence-electron chi connectivity index (χ2n) is 4.03. The van der Waals surface area contributed by atoms with E-state index in [0.717, 1.165) is 12.8 Å². The summed E-state index contributed by atoms with van der Waals surface area (Å²) in [5, 5.41) is 0. The molecule has 0 atom stereocenters. The van der Waals surface area contributed by atoms with Gasteiger partial charge in [0.2, 0.25) is 5.91 Å². The summed E-state index contributed by atoms with van der Waals surface area (Å²) in [7, 11) is 0. The van der Waals surface area contributed by atoms with Gasteiger partial charge in [0.1, 0.15) is 13.2 Å². The molecule has 0 aromatic carbocycles. The van der Waals surface area contributed by atoms with Crippen LogP contribution in [0, 0.1) is 18.3 Å². The van der Waals surface area contributed by atoms with Gasteiger partial charge in [0.15, 0.2) is 0 Å². The molecule has 17 heavy (non-hydrogen) atoms. The molecule has 1 aliphatic carbocycles. The van der Waals surface area contributed by atoms with E-state index in [1.54, 1.807) is 0 Å². The first-order chi connectivity index (χ1) is 7.92. The van der Waals surface area contributed by atoms with Gasteiger partial charge >= 0.3 is 6.18 Å². The predicted octanol–water partition coefficient (Wildman–Crippen LogP) is 1.44. The summed E-state index contributed by atoms with van der Waals surface area (Å²) in [4.78, 5) is 12.9. The number of ether oxygens (including phenoxy) is 1. The molecule has 96 valence electrons. The lowest BCUT2D eigenvalue weighted by molar-refractivity contribution is -0.177. The molecule has 0 bridgehead atoms. The quantitative estimate of drug-likeness (QED) is 0.667. The third-order valence-electron chi connectivity index (χ3n) is 2.30. The first-order valence-electron chi connectivity index (χ1n) is 5.28. The highest BCUT2D eigenvalue weighted by Gasteiger charge is 2.29. The average Bonchev–Trinajstić information content (AvgIpc) is 2.99. The molecule has 0 saturated heterocycles. The summed E-state index contributed by atoms with van der Waals surface area (Å²) < 4.78 is 39.7. The Hall–Kier alpha value is -1.22. The monoisotopic (exact) mass is 249 g/mol. The summed E-state index contributed by atoms with van der Waals surface area (Å²) in [6, 6.07) is 0. The summed E-state index contributed by atoms with van der Waals surface area (Å²) in [5.41, 5.74) is 0. The lowest BCUT2D eigenvalue weighted by Crippen LogP contribution is -2.36. The first-order valence-corrected chi connectivity index (χ1v) is 5.28. The highest BCUT2D eigenvalue weighted by Crippen LogP contribution is 2.29. The molecule has 0 N–H and O–H groups in total. The van der Waals surface area contributed by atoms with Crippen LogP contribution in [0.3, 0.4) is 0 Å². The largest absolute Gasteiger partial charge is 0.411 e. The minimum atomic E-state index is -4.41. The van der Waals surface area contributed by atoms with Gasteiger partial charge in [0.05, 0.1) is 6.54 Å². The summed E-state index contributed by atoms with van der Waals surface area (Å²) in [5.74, 6) is 2.27. The van der Waals surface area contributed by atoms with Crippen molar-refractivity contribution in [3.05, 3.63) is 0 Å². The third kappa shape index (κ3) is 6.17. The Morgan fingerprint density at radius 1 is 1.47 bits per heavy atom. The van der Waals surface area contributed by atoms with Gasteiger partial charge in [-0.2, -0.15) is 13.2 Å². The molecule has 0 spiro atoms. The van der Waals surface area contributed by atoms with E-state index >= 15 is 0 Å². The number of terminal acetylenes is 1. The van der Waals surface area contributed by atoms with E-state index in [0.29, 0.717) is 12.5 Å². The molecule has 0 aromatic heterocycles. The van der Waals surface area contributed by atoms with Crippen LogP contribution in [0.5, 0.6) is 0 Å². The van der Waals surface area contributed by atoms with E-state index in [-0.39, 0.29) is 6.54 Å². The number of carbonyl (C=O) groups is 1. The minimum Gasteiger partial charge on any atom is -0.362 e. The van der Waals surface area contributed by atoms with E-state index in [2.05, 4.69) is 10.7 Å². The van der Waals surface area contributed by atoms with Gasteiger partial charge in [0.25, 0.3) is 0 Å². The van der Waals surface area contributed by atoms with E-state index in [4.69, 9.17) is 6.42 Å². The van der Waals surface area contributed by atoms with Gasteiger partial charge in [-0.25, -0.2) is 0 Å². The van der Waals surface area contributed by atoms with Crippen LogP contribution in [0.1, 0.15) is 12.8 Å². The standard InChI is InChI=1S/C11H14F3NO2/c1-2-5-15(6-9-3-4-9)10(16)7-17-8-11(12,13)14/h1,9H,3-8H2. The van der Waals surface area contributed by atoms with Crippen molar-refractivity contribution in [3.8, 4) is 12.3 Å². The van der Waals surface area contributed by atoms with Crippen molar-refractivity contribution in [1.82, 2.24) is 4.90 Å². The zero-order valence-corrected chi connectivity index (χ0v) is 9.29. The number of carbonyl (C=O) groups excluding carboxylic acids is 1. The number of amides is 1. The van der Waals surface area contributed by atoms with Crippen molar-refractivity contribution in [2.45, 2.75) is 19.0 Å². The highest BCUT2D eigenvalue weighted by molar-refractivity contribution is 5.77. The molecule has 6 heteroatoms. The van der Waals surface area contributed by atoms with Crippen LogP contribution in [0.25, 0.3) is 0 Å². The number of nitrogens with zero attached hydrogens (tertiary/aromatic N) is 1. The molecule has 0 unspecified atom stereocenters. The van der Waals surface area contributed by atoms with Gasteiger partial charge in [-0.05, 0) is 18.8 Å². The van der Waals surface area contributed by atoms with Crippen molar-refractivity contribution in [1.29, 1.82) is 0 Å². The first kappa shape index (κ1) is 13.8. The molecule has 0 radical (unpaired) electrons. The van der Waals surface area contributed by atoms with Crippen molar-refractivity contribution >= 4 is 5.91 Å². The number of rotatable bonds is 6. The Morgan fingerprint density at radius 2 is 2.12 bits per heavy atom. The fourth-order valence-corrected chi connectivity index (χ4v) is 1.32. The molecular weight excluding hydrogens is 235 g/mol. The zero-order chi connectivity index (χ0) is 12.9. The van der Waals surface area contributed by atoms with Gasteiger partial charge in [-0.15, -0.1) is 6.42 Å². The van der Waals surface area contributed by atoms with Gasteiger partial charge in [0, 0.05) is 6.54 Å². The van der Waals surface area contributed by atoms with Crippen LogP contribution in [0.2, 0.25) is 0 Å². The maximum absolute atomic E-state index is 11.8. The summed E-state index contributed by atoms with van der Waals surface area (Å²) in [6.45, 7) is -1.36. The topological polar surface area (TPSA) is 29.5 Å². The number of hydrogen-bond acceptors (Lipinski definition) is 2. The average molecular weight is 249 g/mol. The van der Waals surface area contributed by atoms with E-state index < -0.39 is 25.3 Å². The maximum Gasteiger partial charge on any atom is 0.411 e. The van der Waals surface area contributed by atoms with Gasteiger partial charge < -0.3 is 9.64 Å². The number of halogens is 3.